The normalized spacial score (nSPS) is 15.6. The SMILES string of the molecule is COC[C@@](C)(O)CNC(C)=O. The zero-order valence-corrected chi connectivity index (χ0v) is 7.18. The van der Waals surface area contributed by atoms with Gasteiger partial charge in [0.05, 0.1) is 6.61 Å². The smallest absolute Gasteiger partial charge is 0.216 e. The molecule has 0 radical (unpaired) electrons. The lowest BCUT2D eigenvalue weighted by Crippen LogP contribution is -2.43. The first kappa shape index (κ1) is 10.4. The molecule has 0 aliphatic rings. The van der Waals surface area contributed by atoms with Gasteiger partial charge in [0.2, 0.25) is 5.91 Å². The average molecular weight is 161 g/mol. The summed E-state index contributed by atoms with van der Waals surface area (Å²) in [6.45, 7) is 3.44. The van der Waals surface area contributed by atoms with Crippen molar-refractivity contribution in [3.8, 4) is 0 Å². The van der Waals surface area contributed by atoms with Crippen LogP contribution in [0.15, 0.2) is 0 Å². The lowest BCUT2D eigenvalue weighted by atomic mass is 10.1. The van der Waals surface area contributed by atoms with Crippen molar-refractivity contribution in [2.45, 2.75) is 19.4 Å². The van der Waals surface area contributed by atoms with E-state index in [0.717, 1.165) is 0 Å². The van der Waals surface area contributed by atoms with Gasteiger partial charge in [-0.25, -0.2) is 0 Å². The molecule has 4 heteroatoms. The van der Waals surface area contributed by atoms with Crippen molar-refractivity contribution in [3.63, 3.8) is 0 Å². The third-order valence-electron chi connectivity index (χ3n) is 1.17. The molecule has 2 N–H and O–H groups in total. The quantitative estimate of drug-likeness (QED) is 0.585. The van der Waals surface area contributed by atoms with Crippen molar-refractivity contribution in [2.75, 3.05) is 20.3 Å². The molecule has 11 heavy (non-hydrogen) atoms. The number of amides is 1. The Morgan fingerprint density at radius 3 is 2.64 bits per heavy atom. The summed E-state index contributed by atoms with van der Waals surface area (Å²) in [6, 6.07) is 0. The molecule has 0 bridgehead atoms. The van der Waals surface area contributed by atoms with Gasteiger partial charge in [-0.15, -0.1) is 0 Å². The summed E-state index contributed by atoms with van der Waals surface area (Å²) in [4.78, 5) is 10.4. The zero-order chi connectivity index (χ0) is 8.91. The Bertz CT molecular complexity index is 134. The monoisotopic (exact) mass is 161 g/mol. The van der Waals surface area contributed by atoms with Crippen LogP contribution in [0.3, 0.4) is 0 Å². The minimum Gasteiger partial charge on any atom is -0.386 e. The van der Waals surface area contributed by atoms with E-state index in [2.05, 4.69) is 5.32 Å². The highest BCUT2D eigenvalue weighted by atomic mass is 16.5. The topological polar surface area (TPSA) is 58.6 Å². The summed E-state index contributed by atoms with van der Waals surface area (Å²) in [5.74, 6) is -0.152. The zero-order valence-electron chi connectivity index (χ0n) is 7.18. The number of hydrogen-bond acceptors (Lipinski definition) is 3. The Morgan fingerprint density at radius 1 is 1.73 bits per heavy atom. The highest BCUT2D eigenvalue weighted by Crippen LogP contribution is 2.00. The number of carbonyl (C=O) groups is 1. The largest absolute Gasteiger partial charge is 0.386 e. The van der Waals surface area contributed by atoms with Crippen molar-refractivity contribution < 1.29 is 14.6 Å². The van der Waals surface area contributed by atoms with Crippen LogP contribution in [0.4, 0.5) is 0 Å². The standard InChI is InChI=1S/C7H15NO3/c1-6(9)8-4-7(2,10)5-11-3/h10H,4-5H2,1-3H3,(H,8,9)/t7-/m0/s1. The van der Waals surface area contributed by atoms with Crippen LogP contribution >= 0.6 is 0 Å². The van der Waals surface area contributed by atoms with E-state index in [9.17, 15) is 9.90 Å². The van der Waals surface area contributed by atoms with Crippen LogP contribution in [-0.2, 0) is 9.53 Å². The Balaban J connectivity index is 3.63. The van der Waals surface area contributed by atoms with Crippen LogP contribution in [0.1, 0.15) is 13.8 Å². The molecule has 0 spiro atoms. The van der Waals surface area contributed by atoms with E-state index >= 15 is 0 Å². The molecule has 0 aromatic rings. The Labute approximate surface area is 66.5 Å². The highest BCUT2D eigenvalue weighted by molar-refractivity contribution is 5.72. The molecule has 0 heterocycles. The molecule has 0 aliphatic heterocycles. The van der Waals surface area contributed by atoms with Crippen molar-refractivity contribution >= 4 is 5.91 Å². The van der Waals surface area contributed by atoms with Gasteiger partial charge in [0, 0.05) is 20.6 Å². The Kier molecular flexibility index (Phi) is 4.07. The maximum Gasteiger partial charge on any atom is 0.216 e. The molecule has 0 aromatic carbocycles. The van der Waals surface area contributed by atoms with Gasteiger partial charge in [-0.1, -0.05) is 0 Å². The lowest BCUT2D eigenvalue weighted by molar-refractivity contribution is -0.120. The molecule has 4 nitrogen and oxygen atoms in total. The fraction of sp³-hybridized carbons (Fsp3) is 0.857. The molecule has 1 atom stereocenters. The second-order valence-corrected chi connectivity index (χ2v) is 2.84. The van der Waals surface area contributed by atoms with Gasteiger partial charge in [0.15, 0.2) is 0 Å². The molecule has 0 fully saturated rings. The summed E-state index contributed by atoms with van der Waals surface area (Å²) in [5.41, 5.74) is -0.972. The van der Waals surface area contributed by atoms with Gasteiger partial charge in [-0.3, -0.25) is 4.79 Å². The first-order chi connectivity index (χ1) is 4.98. The summed E-state index contributed by atoms with van der Waals surface area (Å²) in [6.07, 6.45) is 0. The molecule has 0 saturated heterocycles. The number of aliphatic hydroxyl groups is 1. The van der Waals surface area contributed by atoms with E-state index in [1.165, 1.54) is 14.0 Å². The highest BCUT2D eigenvalue weighted by Gasteiger charge is 2.19. The van der Waals surface area contributed by atoms with Gasteiger partial charge in [-0.2, -0.15) is 0 Å². The van der Waals surface area contributed by atoms with E-state index in [4.69, 9.17) is 4.74 Å². The van der Waals surface area contributed by atoms with Gasteiger partial charge in [-0.05, 0) is 6.92 Å². The number of carbonyl (C=O) groups excluding carboxylic acids is 1. The molecule has 0 saturated carbocycles. The van der Waals surface area contributed by atoms with E-state index in [-0.39, 0.29) is 19.1 Å². The Morgan fingerprint density at radius 2 is 2.27 bits per heavy atom. The van der Waals surface area contributed by atoms with Gasteiger partial charge in [0.1, 0.15) is 5.60 Å². The Hall–Kier alpha value is -0.610. The van der Waals surface area contributed by atoms with Gasteiger partial charge >= 0.3 is 0 Å². The maximum atomic E-state index is 10.4. The number of ether oxygens (including phenoxy) is 1. The van der Waals surface area contributed by atoms with E-state index < -0.39 is 5.60 Å². The number of methoxy groups -OCH3 is 1. The maximum absolute atomic E-state index is 10.4. The number of nitrogens with one attached hydrogen (secondary N) is 1. The van der Waals surface area contributed by atoms with Crippen molar-refractivity contribution in [3.05, 3.63) is 0 Å². The first-order valence-corrected chi connectivity index (χ1v) is 3.44. The molecule has 0 unspecified atom stereocenters. The predicted molar refractivity (Wildman–Crippen MR) is 41.2 cm³/mol. The first-order valence-electron chi connectivity index (χ1n) is 3.44. The van der Waals surface area contributed by atoms with Crippen LogP contribution in [0.25, 0.3) is 0 Å². The van der Waals surface area contributed by atoms with Crippen molar-refractivity contribution in [1.29, 1.82) is 0 Å². The second kappa shape index (κ2) is 4.31. The van der Waals surface area contributed by atoms with Crippen LogP contribution in [0.2, 0.25) is 0 Å². The third kappa shape index (κ3) is 5.82. The van der Waals surface area contributed by atoms with Crippen molar-refractivity contribution in [2.24, 2.45) is 0 Å². The fourth-order valence-electron chi connectivity index (χ4n) is 0.677. The molecular weight excluding hydrogens is 146 g/mol. The van der Waals surface area contributed by atoms with E-state index in [0.29, 0.717) is 0 Å². The fourth-order valence-corrected chi connectivity index (χ4v) is 0.677. The minimum atomic E-state index is -0.972. The van der Waals surface area contributed by atoms with Crippen molar-refractivity contribution in [1.82, 2.24) is 5.32 Å². The van der Waals surface area contributed by atoms with E-state index in [1.807, 2.05) is 0 Å². The molecule has 66 valence electrons. The molecular formula is C7H15NO3. The second-order valence-electron chi connectivity index (χ2n) is 2.84. The third-order valence-corrected chi connectivity index (χ3v) is 1.17. The molecule has 1 amide bonds. The number of hydrogen-bond donors (Lipinski definition) is 2. The summed E-state index contributed by atoms with van der Waals surface area (Å²) in [5, 5.41) is 11.9. The van der Waals surface area contributed by atoms with Gasteiger partial charge < -0.3 is 15.2 Å². The van der Waals surface area contributed by atoms with Gasteiger partial charge in [0.25, 0.3) is 0 Å². The van der Waals surface area contributed by atoms with Crippen LogP contribution in [0.5, 0.6) is 0 Å². The predicted octanol–water partition coefficient (Wildman–Crippen LogP) is -0.480. The summed E-state index contributed by atoms with van der Waals surface area (Å²) >= 11 is 0. The lowest BCUT2D eigenvalue weighted by Gasteiger charge is -2.21. The van der Waals surface area contributed by atoms with Crippen LogP contribution < -0.4 is 5.32 Å². The minimum absolute atomic E-state index is 0.152. The van der Waals surface area contributed by atoms with E-state index in [1.54, 1.807) is 6.92 Å². The molecule has 0 aromatic heterocycles. The van der Waals surface area contributed by atoms with Crippen LogP contribution in [0, 0.1) is 0 Å². The molecule has 0 rings (SSSR count). The van der Waals surface area contributed by atoms with Crippen LogP contribution in [-0.4, -0.2) is 36.9 Å². The molecule has 0 aliphatic carbocycles. The summed E-state index contributed by atoms with van der Waals surface area (Å²) in [7, 11) is 1.50. The summed E-state index contributed by atoms with van der Waals surface area (Å²) < 4.78 is 4.74. The number of rotatable bonds is 4. The average Bonchev–Trinajstić information content (AvgIpc) is 1.84.